The minimum absolute atomic E-state index is 0.0180. The monoisotopic (exact) mass is 724 g/mol. The Bertz CT molecular complexity index is 2010. The van der Waals surface area contributed by atoms with Crippen molar-refractivity contribution in [3.8, 4) is 11.5 Å². The summed E-state index contributed by atoms with van der Waals surface area (Å²) in [5.74, 6) is 0.215. The molecule has 6 rings (SSSR count). The molecule has 0 bridgehead atoms. The molecular formula is C29H26F6N10O6. The maximum atomic E-state index is 12.2. The lowest BCUT2D eigenvalue weighted by molar-refractivity contribution is -0.275. The van der Waals surface area contributed by atoms with Gasteiger partial charge in [0.15, 0.2) is 11.6 Å². The molecule has 6 aromatic rings. The number of anilines is 2. The number of nitrogens with one attached hydrogen (secondary N) is 2. The second kappa shape index (κ2) is 16.2. The average Bonchev–Trinajstić information content (AvgIpc) is 3.73. The molecule has 270 valence electrons. The molecule has 0 aliphatic heterocycles. The number of nitrogens with zero attached hydrogens (tertiary/aromatic N) is 8. The second-order valence-corrected chi connectivity index (χ2v) is 10.3. The minimum atomic E-state index is -4.74. The molecule has 0 saturated heterocycles. The fourth-order valence-electron chi connectivity index (χ4n) is 4.34. The van der Waals surface area contributed by atoms with E-state index in [4.69, 9.17) is 10.2 Å². The van der Waals surface area contributed by atoms with Crippen LogP contribution in [0.3, 0.4) is 0 Å². The molecule has 51 heavy (non-hydrogen) atoms. The molecule has 22 heteroatoms. The van der Waals surface area contributed by atoms with Gasteiger partial charge in [-0.15, -0.1) is 26.3 Å². The number of benzene rings is 2. The van der Waals surface area contributed by atoms with E-state index < -0.39 is 12.7 Å². The van der Waals surface area contributed by atoms with Crippen molar-refractivity contribution in [3.63, 3.8) is 0 Å². The molecule has 0 unspecified atom stereocenters. The molecule has 2 aromatic carbocycles. The zero-order chi connectivity index (χ0) is 36.4. The maximum absolute atomic E-state index is 12.2. The van der Waals surface area contributed by atoms with Crippen molar-refractivity contribution in [3.05, 3.63) is 71.0 Å². The van der Waals surface area contributed by atoms with Crippen LogP contribution < -0.4 is 20.1 Å². The zero-order valence-corrected chi connectivity index (χ0v) is 25.9. The maximum Gasteiger partial charge on any atom is 0.573 e. The summed E-state index contributed by atoms with van der Waals surface area (Å²) in [6, 6.07) is 10.9. The van der Waals surface area contributed by atoms with E-state index in [9.17, 15) is 26.3 Å². The third kappa shape index (κ3) is 10.8. The smallest absolute Gasteiger partial charge is 0.406 e. The number of ether oxygens (including phenoxy) is 2. The molecule has 0 radical (unpaired) electrons. The fourth-order valence-corrected chi connectivity index (χ4v) is 4.34. The van der Waals surface area contributed by atoms with Gasteiger partial charge in [0.05, 0.1) is 18.0 Å². The molecule has 0 amide bonds. The highest BCUT2D eigenvalue weighted by Gasteiger charge is 2.31. The van der Waals surface area contributed by atoms with Crippen molar-refractivity contribution >= 4 is 34.2 Å². The van der Waals surface area contributed by atoms with Gasteiger partial charge in [0.1, 0.15) is 11.5 Å². The number of aromatic nitrogens is 8. The summed E-state index contributed by atoms with van der Waals surface area (Å²) in [5, 5.41) is 38.3. The van der Waals surface area contributed by atoms with Crippen LogP contribution in [0.1, 0.15) is 28.9 Å². The minimum Gasteiger partial charge on any atom is -0.406 e. The first-order valence-corrected chi connectivity index (χ1v) is 14.8. The van der Waals surface area contributed by atoms with E-state index in [0.29, 0.717) is 53.5 Å². The molecule has 4 aromatic heterocycles. The van der Waals surface area contributed by atoms with E-state index in [2.05, 4.69) is 69.9 Å². The van der Waals surface area contributed by atoms with Gasteiger partial charge in [0.2, 0.25) is 22.6 Å². The number of alkyl halides is 6. The summed E-state index contributed by atoms with van der Waals surface area (Å²) < 4.78 is 90.1. The standard InChI is InChI=1S/C15H14F3N5O3.C14H12F3N5O3/c16-15(17,18)25-10-4-2-9(3-5-10)8-11-12(19-6-1-7-24)21-14-13(20-11)22-26-23-14;15-14(16,17)24-9-3-1-8(2-4-9)7-10-11(18-5-6-23)20-13-12(19-10)21-25-22-13/h2-5,24H,1,6-8H2,(H,19,21,23);1-4,23H,5-7H2,(H,18,20,22). The van der Waals surface area contributed by atoms with Crippen molar-refractivity contribution in [1.29, 1.82) is 0 Å². The van der Waals surface area contributed by atoms with Gasteiger partial charge in [-0.1, -0.05) is 24.3 Å². The largest absolute Gasteiger partial charge is 0.573 e. The van der Waals surface area contributed by atoms with Gasteiger partial charge >= 0.3 is 12.7 Å². The summed E-state index contributed by atoms with van der Waals surface area (Å²) >= 11 is 0. The lowest BCUT2D eigenvalue weighted by Gasteiger charge is -2.11. The van der Waals surface area contributed by atoms with Crippen LogP contribution in [-0.4, -0.2) is 89.8 Å². The van der Waals surface area contributed by atoms with E-state index >= 15 is 0 Å². The zero-order valence-electron chi connectivity index (χ0n) is 25.9. The van der Waals surface area contributed by atoms with Gasteiger partial charge in [0, 0.05) is 32.5 Å². The molecule has 4 N–H and O–H groups in total. The number of hydrogen-bond acceptors (Lipinski definition) is 16. The molecule has 0 aliphatic rings. The SMILES string of the molecule is OCCCNc1nc2nonc2nc1Cc1ccc(OC(F)(F)F)cc1.OCCNc1nc2nonc2nc1Cc1ccc(OC(F)(F)F)cc1. The summed E-state index contributed by atoms with van der Waals surface area (Å²) in [5.41, 5.74) is 3.27. The molecule has 16 nitrogen and oxygen atoms in total. The van der Waals surface area contributed by atoms with Crippen LogP contribution >= 0.6 is 0 Å². The van der Waals surface area contributed by atoms with E-state index in [0.717, 1.165) is 0 Å². The molecule has 4 heterocycles. The second-order valence-electron chi connectivity index (χ2n) is 10.3. The Kier molecular flexibility index (Phi) is 11.6. The van der Waals surface area contributed by atoms with Gasteiger partial charge in [-0.25, -0.2) is 29.2 Å². The van der Waals surface area contributed by atoms with Crippen LogP contribution in [0, 0.1) is 0 Å². The number of aliphatic hydroxyl groups is 2. The molecule has 0 aliphatic carbocycles. The van der Waals surface area contributed by atoms with Gasteiger partial charge in [-0.05, 0) is 62.4 Å². The average molecular weight is 725 g/mol. The van der Waals surface area contributed by atoms with Gasteiger partial charge in [0.25, 0.3) is 0 Å². The molecule has 0 fully saturated rings. The molecule has 0 atom stereocenters. The summed E-state index contributed by atoms with van der Waals surface area (Å²) in [6.07, 6.45) is -8.39. The molecule has 0 saturated carbocycles. The summed E-state index contributed by atoms with van der Waals surface area (Å²) in [7, 11) is 0. The quantitative estimate of drug-likeness (QED) is 0.0971. The van der Waals surface area contributed by atoms with Crippen molar-refractivity contribution in [1.82, 2.24) is 40.6 Å². The van der Waals surface area contributed by atoms with Crippen molar-refractivity contribution in [2.24, 2.45) is 0 Å². The molecule has 0 spiro atoms. The Morgan fingerprint density at radius 2 is 0.941 bits per heavy atom. The normalized spacial score (nSPS) is 11.7. The van der Waals surface area contributed by atoms with Crippen LogP contribution in [0.15, 0.2) is 57.8 Å². The van der Waals surface area contributed by atoms with Crippen LogP contribution in [0.25, 0.3) is 22.6 Å². The Balaban J connectivity index is 0.000000198. The highest BCUT2D eigenvalue weighted by molar-refractivity contribution is 5.68. The number of fused-ring (bicyclic) bond motifs is 2. The van der Waals surface area contributed by atoms with Crippen molar-refractivity contribution < 1.29 is 55.3 Å². The third-order valence-electron chi connectivity index (χ3n) is 6.46. The van der Waals surface area contributed by atoms with Gasteiger partial charge in [-0.3, -0.25) is 0 Å². The number of aliphatic hydroxyl groups excluding tert-OH is 2. The summed E-state index contributed by atoms with van der Waals surface area (Å²) in [6.45, 7) is 0.619. The van der Waals surface area contributed by atoms with Gasteiger partial charge in [-0.2, -0.15) is 0 Å². The highest BCUT2D eigenvalue weighted by Crippen LogP contribution is 2.26. The van der Waals surface area contributed by atoms with E-state index in [-0.39, 0.29) is 60.3 Å². The fraction of sp³-hybridized carbons (Fsp3) is 0.310. The molecular weight excluding hydrogens is 698 g/mol. The van der Waals surface area contributed by atoms with Crippen LogP contribution in [0.5, 0.6) is 11.5 Å². The van der Waals surface area contributed by atoms with Crippen LogP contribution in [-0.2, 0) is 12.8 Å². The van der Waals surface area contributed by atoms with Crippen molar-refractivity contribution in [2.45, 2.75) is 32.0 Å². The number of halogens is 6. The summed E-state index contributed by atoms with van der Waals surface area (Å²) in [4.78, 5) is 17.1. The van der Waals surface area contributed by atoms with Crippen molar-refractivity contribution in [2.75, 3.05) is 36.9 Å². The van der Waals surface area contributed by atoms with Crippen LogP contribution in [0.4, 0.5) is 38.0 Å². The topological polar surface area (TPSA) is 212 Å². The predicted molar refractivity (Wildman–Crippen MR) is 162 cm³/mol. The third-order valence-corrected chi connectivity index (χ3v) is 6.46. The first kappa shape index (κ1) is 36.4. The lowest BCUT2D eigenvalue weighted by Crippen LogP contribution is -2.17. The highest BCUT2D eigenvalue weighted by atomic mass is 19.4. The number of rotatable bonds is 13. The Labute approximate surface area is 281 Å². The Hall–Kier alpha value is -5.90. The Morgan fingerprint density at radius 3 is 1.31 bits per heavy atom. The Morgan fingerprint density at radius 1 is 0.549 bits per heavy atom. The lowest BCUT2D eigenvalue weighted by atomic mass is 10.1. The van der Waals surface area contributed by atoms with Crippen LogP contribution in [0.2, 0.25) is 0 Å². The van der Waals surface area contributed by atoms with E-state index in [1.807, 2.05) is 0 Å². The van der Waals surface area contributed by atoms with E-state index in [1.54, 1.807) is 0 Å². The predicted octanol–water partition coefficient (Wildman–Crippen LogP) is 4.20. The van der Waals surface area contributed by atoms with Gasteiger partial charge < -0.3 is 30.3 Å². The first-order chi connectivity index (χ1) is 24.4. The van der Waals surface area contributed by atoms with E-state index in [1.165, 1.54) is 48.5 Å². The number of hydrogen-bond donors (Lipinski definition) is 4. The first-order valence-electron chi connectivity index (χ1n) is 14.8.